The van der Waals surface area contributed by atoms with Crippen LogP contribution in [0.4, 0.5) is 11.4 Å². The van der Waals surface area contributed by atoms with Gasteiger partial charge in [0, 0.05) is 24.3 Å². The fraction of sp³-hybridized carbons (Fsp3) is 0.208. The summed E-state index contributed by atoms with van der Waals surface area (Å²) in [5.74, 6) is 0.726. The zero-order valence-corrected chi connectivity index (χ0v) is 21.4. The van der Waals surface area contributed by atoms with Crippen LogP contribution in [0.2, 0.25) is 0 Å². The number of carbonyl (C=O) groups excluding carboxylic acids is 1. The van der Waals surface area contributed by atoms with Gasteiger partial charge in [0.25, 0.3) is 10.0 Å². The standard InChI is InChI=1S/C24H27N3O7S2/c1-3-34-21-10-14-22(15-11-21)35(29,30)25-17-16-24(28)26-18-6-12-23(13-7-18)36(31,32)27-19-4-8-20(33-2)9-5-19/h4-15,25,27H,3,16-17H2,1-2H3,(H,26,28). The molecule has 0 spiro atoms. The number of hydrogen-bond acceptors (Lipinski definition) is 7. The van der Waals surface area contributed by atoms with Crippen molar-refractivity contribution < 1.29 is 31.1 Å². The van der Waals surface area contributed by atoms with Crippen molar-refractivity contribution in [1.82, 2.24) is 4.72 Å². The van der Waals surface area contributed by atoms with Crippen LogP contribution < -0.4 is 24.2 Å². The molecule has 0 fully saturated rings. The third-order valence-electron chi connectivity index (χ3n) is 4.88. The maximum Gasteiger partial charge on any atom is 0.261 e. The van der Waals surface area contributed by atoms with Gasteiger partial charge in [0.1, 0.15) is 11.5 Å². The predicted octanol–water partition coefficient (Wildman–Crippen LogP) is 3.20. The van der Waals surface area contributed by atoms with E-state index in [-0.39, 0.29) is 22.8 Å². The first kappa shape index (κ1) is 27.0. The molecule has 0 aliphatic carbocycles. The van der Waals surface area contributed by atoms with E-state index in [1.807, 2.05) is 6.92 Å². The quantitative estimate of drug-likeness (QED) is 0.325. The van der Waals surface area contributed by atoms with E-state index in [1.54, 1.807) is 36.4 Å². The van der Waals surface area contributed by atoms with E-state index >= 15 is 0 Å². The van der Waals surface area contributed by atoms with Crippen LogP contribution in [0.3, 0.4) is 0 Å². The lowest BCUT2D eigenvalue weighted by Gasteiger charge is -2.10. The van der Waals surface area contributed by atoms with Crippen LogP contribution in [-0.4, -0.2) is 43.0 Å². The lowest BCUT2D eigenvalue weighted by Crippen LogP contribution is -2.27. The van der Waals surface area contributed by atoms with Gasteiger partial charge in [-0.25, -0.2) is 21.6 Å². The van der Waals surface area contributed by atoms with Gasteiger partial charge in [-0.1, -0.05) is 0 Å². The summed E-state index contributed by atoms with van der Waals surface area (Å²) in [7, 11) is -6.09. The van der Waals surface area contributed by atoms with E-state index in [9.17, 15) is 21.6 Å². The zero-order chi connectivity index (χ0) is 26.2. The molecular formula is C24H27N3O7S2. The molecule has 0 aliphatic heterocycles. The Bertz CT molecular complexity index is 1370. The van der Waals surface area contributed by atoms with E-state index < -0.39 is 26.0 Å². The van der Waals surface area contributed by atoms with E-state index in [0.717, 1.165) is 0 Å². The maximum absolute atomic E-state index is 12.6. The van der Waals surface area contributed by atoms with Crippen molar-refractivity contribution in [3.63, 3.8) is 0 Å². The minimum Gasteiger partial charge on any atom is -0.497 e. The lowest BCUT2D eigenvalue weighted by molar-refractivity contribution is -0.116. The molecule has 3 rings (SSSR count). The molecule has 12 heteroatoms. The number of carbonyl (C=O) groups is 1. The molecule has 0 aliphatic rings. The third kappa shape index (κ3) is 7.44. The van der Waals surface area contributed by atoms with Crippen molar-refractivity contribution in [3.8, 4) is 11.5 Å². The molecule has 10 nitrogen and oxygen atoms in total. The molecule has 0 atom stereocenters. The molecule has 0 heterocycles. The molecule has 1 amide bonds. The van der Waals surface area contributed by atoms with Crippen LogP contribution in [0.1, 0.15) is 13.3 Å². The molecule has 0 radical (unpaired) electrons. The Labute approximate surface area is 210 Å². The summed E-state index contributed by atoms with van der Waals surface area (Å²) in [6.07, 6.45) is -0.116. The SMILES string of the molecule is CCOc1ccc(S(=O)(=O)NCCC(=O)Nc2ccc(S(=O)(=O)Nc3ccc(OC)cc3)cc2)cc1. The molecule has 0 unspecified atom stereocenters. The Morgan fingerprint density at radius 2 is 1.28 bits per heavy atom. The number of ether oxygens (including phenoxy) is 2. The predicted molar refractivity (Wildman–Crippen MR) is 136 cm³/mol. The number of hydrogen-bond donors (Lipinski definition) is 3. The average Bonchev–Trinajstić information content (AvgIpc) is 2.85. The monoisotopic (exact) mass is 533 g/mol. The van der Waals surface area contributed by atoms with E-state index in [4.69, 9.17) is 9.47 Å². The number of sulfonamides is 2. The first-order chi connectivity index (χ1) is 17.1. The number of nitrogens with one attached hydrogen (secondary N) is 3. The average molecular weight is 534 g/mol. The Balaban J connectivity index is 1.51. The Morgan fingerprint density at radius 1 is 0.750 bits per heavy atom. The fourth-order valence-corrected chi connectivity index (χ4v) is 5.17. The second kappa shape index (κ2) is 11.9. The summed E-state index contributed by atoms with van der Waals surface area (Å²) in [5.41, 5.74) is 0.749. The van der Waals surface area contributed by atoms with Crippen LogP contribution in [-0.2, 0) is 24.8 Å². The summed E-state index contributed by atoms with van der Waals surface area (Å²) in [6, 6.07) is 18.0. The van der Waals surface area contributed by atoms with Crippen molar-refractivity contribution in [3.05, 3.63) is 72.8 Å². The second-order valence-electron chi connectivity index (χ2n) is 7.46. The smallest absolute Gasteiger partial charge is 0.261 e. The minimum absolute atomic E-state index is 0.0134. The van der Waals surface area contributed by atoms with Crippen LogP contribution >= 0.6 is 0 Å². The summed E-state index contributed by atoms with van der Waals surface area (Å²) in [5, 5.41) is 2.61. The highest BCUT2D eigenvalue weighted by Crippen LogP contribution is 2.21. The molecule has 0 saturated heterocycles. The number of amides is 1. The number of methoxy groups -OCH3 is 1. The van der Waals surface area contributed by atoms with Gasteiger partial charge in [-0.05, 0) is 79.7 Å². The minimum atomic E-state index is -3.83. The van der Waals surface area contributed by atoms with Crippen molar-refractivity contribution >= 4 is 37.3 Å². The van der Waals surface area contributed by atoms with Crippen molar-refractivity contribution in [2.24, 2.45) is 0 Å². The highest BCUT2D eigenvalue weighted by atomic mass is 32.2. The van der Waals surface area contributed by atoms with Crippen molar-refractivity contribution in [2.75, 3.05) is 30.3 Å². The highest BCUT2D eigenvalue weighted by molar-refractivity contribution is 7.92. The number of benzene rings is 3. The van der Waals surface area contributed by atoms with E-state index in [0.29, 0.717) is 29.5 Å². The van der Waals surface area contributed by atoms with Gasteiger partial charge in [0.15, 0.2) is 0 Å². The first-order valence-corrected chi connectivity index (χ1v) is 13.9. The molecule has 3 aromatic rings. The summed E-state index contributed by atoms with van der Waals surface area (Å²) in [6.45, 7) is 2.19. The van der Waals surface area contributed by atoms with Crippen molar-refractivity contribution in [1.29, 1.82) is 0 Å². The lowest BCUT2D eigenvalue weighted by atomic mass is 10.3. The van der Waals surface area contributed by atoms with E-state index in [1.165, 1.54) is 43.5 Å². The maximum atomic E-state index is 12.6. The summed E-state index contributed by atoms with van der Waals surface area (Å²) in [4.78, 5) is 12.3. The number of anilines is 2. The third-order valence-corrected chi connectivity index (χ3v) is 7.75. The highest BCUT2D eigenvalue weighted by Gasteiger charge is 2.16. The van der Waals surface area contributed by atoms with Crippen LogP contribution in [0.15, 0.2) is 82.6 Å². The Kier molecular flexibility index (Phi) is 8.91. The van der Waals surface area contributed by atoms with E-state index in [2.05, 4.69) is 14.8 Å². The van der Waals surface area contributed by atoms with Crippen LogP contribution in [0.25, 0.3) is 0 Å². The van der Waals surface area contributed by atoms with Crippen LogP contribution in [0, 0.1) is 0 Å². The topological polar surface area (TPSA) is 140 Å². The zero-order valence-electron chi connectivity index (χ0n) is 19.7. The van der Waals surface area contributed by atoms with Gasteiger partial charge in [0.05, 0.1) is 23.5 Å². The Hall–Kier alpha value is -3.61. The molecule has 3 N–H and O–H groups in total. The molecule has 0 bridgehead atoms. The molecule has 3 aromatic carbocycles. The van der Waals surface area contributed by atoms with Gasteiger partial charge in [-0.3, -0.25) is 9.52 Å². The van der Waals surface area contributed by atoms with Gasteiger partial charge in [-0.15, -0.1) is 0 Å². The van der Waals surface area contributed by atoms with Crippen LogP contribution in [0.5, 0.6) is 11.5 Å². The van der Waals surface area contributed by atoms with Crippen molar-refractivity contribution in [2.45, 2.75) is 23.1 Å². The van der Waals surface area contributed by atoms with Gasteiger partial charge >= 0.3 is 0 Å². The fourth-order valence-electron chi connectivity index (χ4n) is 3.08. The Morgan fingerprint density at radius 3 is 1.86 bits per heavy atom. The second-order valence-corrected chi connectivity index (χ2v) is 10.9. The molecular weight excluding hydrogens is 506 g/mol. The molecule has 0 saturated carbocycles. The molecule has 0 aromatic heterocycles. The largest absolute Gasteiger partial charge is 0.497 e. The molecule has 36 heavy (non-hydrogen) atoms. The van der Waals surface area contributed by atoms with Gasteiger partial charge in [-0.2, -0.15) is 0 Å². The van der Waals surface area contributed by atoms with Gasteiger partial charge in [0.2, 0.25) is 15.9 Å². The summed E-state index contributed by atoms with van der Waals surface area (Å²) >= 11 is 0. The normalized spacial score (nSPS) is 11.5. The summed E-state index contributed by atoms with van der Waals surface area (Å²) < 4.78 is 65.1. The number of rotatable bonds is 12. The van der Waals surface area contributed by atoms with Gasteiger partial charge < -0.3 is 14.8 Å². The first-order valence-electron chi connectivity index (χ1n) is 10.9. The molecule has 192 valence electrons.